The minimum Gasteiger partial charge on any atom is -0.490 e. The van der Waals surface area contributed by atoms with Gasteiger partial charge in [-0.25, -0.2) is 0 Å². The van der Waals surface area contributed by atoms with Crippen LogP contribution >= 0.6 is 0 Å². The molecule has 2 heterocycles. The van der Waals surface area contributed by atoms with E-state index in [1.54, 1.807) is 6.20 Å². The van der Waals surface area contributed by atoms with Gasteiger partial charge in [0.1, 0.15) is 12.4 Å². The van der Waals surface area contributed by atoms with E-state index in [0.29, 0.717) is 6.04 Å². The largest absolute Gasteiger partial charge is 0.490 e. The highest BCUT2D eigenvalue weighted by Crippen LogP contribution is 2.14. The molecule has 0 amide bonds. The Bertz CT molecular complexity index is 284. The van der Waals surface area contributed by atoms with Crippen LogP contribution in [0.4, 0.5) is 0 Å². The first-order valence-corrected chi connectivity index (χ1v) is 4.64. The average Bonchev–Trinajstić information content (AvgIpc) is 2.05. The fraction of sp³-hybridized carbons (Fsp3) is 0.500. The number of pyridine rings is 1. The summed E-state index contributed by atoms with van der Waals surface area (Å²) in [5, 5.41) is 3.29. The van der Waals surface area contributed by atoms with Crippen LogP contribution in [-0.2, 0) is 0 Å². The third kappa shape index (κ3) is 1.98. The van der Waals surface area contributed by atoms with Crippen molar-refractivity contribution in [2.24, 2.45) is 0 Å². The third-order valence-electron chi connectivity index (χ3n) is 2.32. The zero-order chi connectivity index (χ0) is 9.10. The molecule has 1 aliphatic rings. The lowest BCUT2D eigenvalue weighted by molar-refractivity contribution is 0.216. The van der Waals surface area contributed by atoms with E-state index in [4.69, 9.17) is 4.74 Å². The van der Waals surface area contributed by atoms with Gasteiger partial charge in [0, 0.05) is 12.2 Å². The van der Waals surface area contributed by atoms with E-state index in [-0.39, 0.29) is 0 Å². The van der Waals surface area contributed by atoms with E-state index < -0.39 is 0 Å². The number of aryl methyl sites for hydroxylation is 1. The molecule has 1 atom stereocenters. The second-order valence-corrected chi connectivity index (χ2v) is 3.34. The SMILES string of the molecule is Cc1ncccc1OC[C@H]1CCN1. The molecule has 0 spiro atoms. The highest BCUT2D eigenvalue weighted by Gasteiger charge is 2.16. The van der Waals surface area contributed by atoms with Crippen LogP contribution in [0.15, 0.2) is 18.3 Å². The van der Waals surface area contributed by atoms with Crippen LogP contribution in [-0.4, -0.2) is 24.2 Å². The molecule has 1 aliphatic heterocycles. The Balaban J connectivity index is 1.89. The fourth-order valence-electron chi connectivity index (χ4n) is 1.30. The molecule has 1 aromatic rings. The summed E-state index contributed by atoms with van der Waals surface area (Å²) in [5.74, 6) is 0.899. The second-order valence-electron chi connectivity index (χ2n) is 3.34. The molecule has 13 heavy (non-hydrogen) atoms. The molecule has 70 valence electrons. The van der Waals surface area contributed by atoms with Crippen LogP contribution < -0.4 is 10.1 Å². The summed E-state index contributed by atoms with van der Waals surface area (Å²) in [6.45, 7) is 3.84. The topological polar surface area (TPSA) is 34.1 Å². The normalized spacial score (nSPS) is 20.8. The Labute approximate surface area is 78.1 Å². The Morgan fingerprint density at radius 2 is 2.54 bits per heavy atom. The van der Waals surface area contributed by atoms with Crippen molar-refractivity contribution in [1.29, 1.82) is 0 Å². The van der Waals surface area contributed by atoms with Gasteiger partial charge in [-0.1, -0.05) is 0 Å². The van der Waals surface area contributed by atoms with Crippen LogP contribution in [0.1, 0.15) is 12.1 Å². The number of nitrogens with zero attached hydrogens (tertiary/aromatic N) is 1. The summed E-state index contributed by atoms with van der Waals surface area (Å²) in [4.78, 5) is 4.16. The molecule has 0 aromatic carbocycles. The molecule has 0 radical (unpaired) electrons. The van der Waals surface area contributed by atoms with Crippen LogP contribution in [0.2, 0.25) is 0 Å². The van der Waals surface area contributed by atoms with Crippen LogP contribution in [0, 0.1) is 6.92 Å². The minimum absolute atomic E-state index is 0.541. The van der Waals surface area contributed by atoms with Crippen LogP contribution in [0.5, 0.6) is 5.75 Å². The lowest BCUT2D eigenvalue weighted by atomic mass is 10.1. The molecule has 0 unspecified atom stereocenters. The molecule has 1 aromatic heterocycles. The van der Waals surface area contributed by atoms with Gasteiger partial charge in [0.15, 0.2) is 0 Å². The number of hydrogen-bond acceptors (Lipinski definition) is 3. The van der Waals surface area contributed by atoms with E-state index in [9.17, 15) is 0 Å². The first kappa shape index (κ1) is 8.51. The molecule has 3 heteroatoms. The summed E-state index contributed by atoms with van der Waals surface area (Å²) in [6, 6.07) is 4.40. The number of nitrogens with one attached hydrogen (secondary N) is 1. The van der Waals surface area contributed by atoms with E-state index in [1.165, 1.54) is 6.42 Å². The molecule has 0 bridgehead atoms. The fourth-order valence-corrected chi connectivity index (χ4v) is 1.30. The zero-order valence-electron chi connectivity index (χ0n) is 7.79. The molecular weight excluding hydrogens is 164 g/mol. The van der Waals surface area contributed by atoms with E-state index >= 15 is 0 Å². The van der Waals surface area contributed by atoms with E-state index in [1.807, 2.05) is 19.1 Å². The van der Waals surface area contributed by atoms with Crippen molar-refractivity contribution in [2.45, 2.75) is 19.4 Å². The first-order chi connectivity index (χ1) is 6.36. The maximum absolute atomic E-state index is 5.62. The lowest BCUT2D eigenvalue weighted by Crippen LogP contribution is -2.46. The van der Waals surface area contributed by atoms with Crippen molar-refractivity contribution in [3.8, 4) is 5.75 Å². The highest BCUT2D eigenvalue weighted by molar-refractivity contribution is 5.25. The molecule has 1 saturated heterocycles. The van der Waals surface area contributed by atoms with Gasteiger partial charge >= 0.3 is 0 Å². The van der Waals surface area contributed by atoms with Crippen molar-refractivity contribution in [3.05, 3.63) is 24.0 Å². The summed E-state index contributed by atoms with van der Waals surface area (Å²) >= 11 is 0. The number of hydrogen-bond donors (Lipinski definition) is 1. The Kier molecular flexibility index (Phi) is 2.45. The van der Waals surface area contributed by atoms with Crippen molar-refractivity contribution in [2.75, 3.05) is 13.2 Å². The quantitative estimate of drug-likeness (QED) is 0.753. The molecule has 3 nitrogen and oxygen atoms in total. The van der Waals surface area contributed by atoms with Gasteiger partial charge in [-0.3, -0.25) is 4.98 Å². The van der Waals surface area contributed by atoms with Gasteiger partial charge in [-0.05, 0) is 32.0 Å². The van der Waals surface area contributed by atoms with Crippen molar-refractivity contribution < 1.29 is 4.74 Å². The summed E-state index contributed by atoms with van der Waals surface area (Å²) in [7, 11) is 0. The zero-order valence-corrected chi connectivity index (χ0v) is 7.79. The van der Waals surface area contributed by atoms with Gasteiger partial charge in [0.2, 0.25) is 0 Å². The van der Waals surface area contributed by atoms with Crippen molar-refractivity contribution in [3.63, 3.8) is 0 Å². The predicted octanol–water partition coefficient (Wildman–Crippen LogP) is 1.13. The number of aromatic nitrogens is 1. The van der Waals surface area contributed by atoms with Gasteiger partial charge in [-0.15, -0.1) is 0 Å². The molecule has 1 N–H and O–H groups in total. The molecule has 0 saturated carbocycles. The van der Waals surface area contributed by atoms with E-state index in [2.05, 4.69) is 10.3 Å². The minimum atomic E-state index is 0.541. The Hall–Kier alpha value is -1.09. The molecule has 2 rings (SSSR count). The summed E-state index contributed by atoms with van der Waals surface area (Å²) < 4.78 is 5.62. The van der Waals surface area contributed by atoms with Gasteiger partial charge < -0.3 is 10.1 Å². The van der Waals surface area contributed by atoms with Gasteiger partial charge in [0.05, 0.1) is 5.69 Å². The van der Waals surface area contributed by atoms with Crippen LogP contribution in [0.3, 0.4) is 0 Å². The number of rotatable bonds is 3. The maximum atomic E-state index is 5.62. The predicted molar refractivity (Wildman–Crippen MR) is 50.9 cm³/mol. The van der Waals surface area contributed by atoms with Gasteiger partial charge in [-0.2, -0.15) is 0 Å². The lowest BCUT2D eigenvalue weighted by Gasteiger charge is -2.27. The molecular formula is C10H14N2O. The molecule has 1 fully saturated rings. The Morgan fingerprint density at radius 3 is 3.15 bits per heavy atom. The van der Waals surface area contributed by atoms with E-state index in [0.717, 1.165) is 24.6 Å². The highest BCUT2D eigenvalue weighted by atomic mass is 16.5. The average molecular weight is 178 g/mol. The first-order valence-electron chi connectivity index (χ1n) is 4.64. The van der Waals surface area contributed by atoms with Crippen LogP contribution in [0.25, 0.3) is 0 Å². The maximum Gasteiger partial charge on any atom is 0.140 e. The third-order valence-corrected chi connectivity index (χ3v) is 2.32. The van der Waals surface area contributed by atoms with Gasteiger partial charge in [0.25, 0.3) is 0 Å². The molecule has 0 aliphatic carbocycles. The van der Waals surface area contributed by atoms with Crippen molar-refractivity contribution in [1.82, 2.24) is 10.3 Å². The summed E-state index contributed by atoms with van der Waals surface area (Å²) in [6.07, 6.45) is 3.00. The Morgan fingerprint density at radius 1 is 1.69 bits per heavy atom. The standard InChI is InChI=1S/C10H14N2O/c1-8-10(3-2-5-11-8)13-7-9-4-6-12-9/h2-3,5,9,12H,4,6-7H2,1H3/t9-/m1/s1. The monoisotopic (exact) mass is 178 g/mol. The number of ether oxygens (including phenoxy) is 1. The van der Waals surface area contributed by atoms with Crippen molar-refractivity contribution >= 4 is 0 Å². The smallest absolute Gasteiger partial charge is 0.140 e. The summed E-state index contributed by atoms with van der Waals surface area (Å²) in [5.41, 5.74) is 0.960. The second kappa shape index (κ2) is 3.75.